The maximum absolute atomic E-state index is 12.9. The van der Waals surface area contributed by atoms with Gasteiger partial charge in [-0.3, -0.25) is 9.59 Å². The van der Waals surface area contributed by atoms with Crippen molar-refractivity contribution in [1.82, 2.24) is 5.32 Å². The Labute approximate surface area is 102 Å². The highest BCUT2D eigenvalue weighted by atomic mass is 35.5. The van der Waals surface area contributed by atoms with Crippen LogP contribution in [0.4, 0.5) is 8.78 Å². The average Bonchev–Trinajstić information content (AvgIpc) is 2.28. The second kappa shape index (κ2) is 5.72. The fourth-order valence-electron chi connectivity index (χ4n) is 1.20. The van der Waals surface area contributed by atoms with E-state index in [-0.39, 0.29) is 5.56 Å². The number of hydrogen-bond donors (Lipinski definition) is 1. The van der Waals surface area contributed by atoms with Gasteiger partial charge in [0.25, 0.3) is 5.91 Å². The van der Waals surface area contributed by atoms with Gasteiger partial charge in [-0.25, -0.2) is 8.78 Å². The highest BCUT2D eigenvalue weighted by Crippen LogP contribution is 2.09. The Bertz CT molecular complexity index is 451. The first-order valence-electron chi connectivity index (χ1n) is 4.91. The molecule has 3 nitrogen and oxygen atoms in total. The Balaban J connectivity index is 2.82. The van der Waals surface area contributed by atoms with Gasteiger partial charge in [0.15, 0.2) is 11.6 Å². The third-order valence-electron chi connectivity index (χ3n) is 2.17. The molecule has 0 fully saturated rings. The average molecular weight is 262 g/mol. The molecule has 1 aromatic carbocycles. The third-order valence-corrected chi connectivity index (χ3v) is 2.43. The Morgan fingerprint density at radius 2 is 2.00 bits per heavy atom. The number of benzene rings is 1. The lowest BCUT2D eigenvalue weighted by molar-refractivity contribution is -0.113. The van der Waals surface area contributed by atoms with Crippen molar-refractivity contribution >= 4 is 22.8 Å². The van der Waals surface area contributed by atoms with Gasteiger partial charge in [0.2, 0.25) is 5.24 Å². The van der Waals surface area contributed by atoms with Crippen LogP contribution >= 0.6 is 11.6 Å². The molecule has 1 atom stereocenters. The fourth-order valence-corrected chi connectivity index (χ4v) is 1.41. The summed E-state index contributed by atoms with van der Waals surface area (Å²) in [7, 11) is 0. The highest BCUT2D eigenvalue weighted by Gasteiger charge is 2.18. The zero-order chi connectivity index (χ0) is 13.0. The summed E-state index contributed by atoms with van der Waals surface area (Å²) in [5.74, 6) is -2.84. The van der Waals surface area contributed by atoms with E-state index in [1.54, 1.807) is 6.92 Å². The van der Waals surface area contributed by atoms with Crippen LogP contribution in [0.15, 0.2) is 18.2 Å². The van der Waals surface area contributed by atoms with Crippen molar-refractivity contribution in [2.24, 2.45) is 0 Å². The van der Waals surface area contributed by atoms with Gasteiger partial charge in [-0.15, -0.1) is 0 Å². The van der Waals surface area contributed by atoms with E-state index in [0.717, 1.165) is 18.2 Å². The third kappa shape index (κ3) is 3.49. The van der Waals surface area contributed by atoms with Crippen LogP contribution in [0.3, 0.4) is 0 Å². The predicted octanol–water partition coefficient (Wildman–Crippen LogP) is 2.24. The van der Waals surface area contributed by atoms with E-state index in [1.165, 1.54) is 0 Å². The Kier molecular flexibility index (Phi) is 4.57. The number of rotatable bonds is 4. The van der Waals surface area contributed by atoms with Crippen LogP contribution in [0, 0.1) is 11.6 Å². The molecule has 1 N–H and O–H groups in total. The topological polar surface area (TPSA) is 46.2 Å². The molecule has 17 heavy (non-hydrogen) atoms. The maximum atomic E-state index is 12.9. The lowest BCUT2D eigenvalue weighted by atomic mass is 10.1. The predicted molar refractivity (Wildman–Crippen MR) is 58.8 cm³/mol. The van der Waals surface area contributed by atoms with Gasteiger partial charge in [-0.2, -0.15) is 0 Å². The largest absolute Gasteiger partial charge is 0.341 e. The van der Waals surface area contributed by atoms with Crippen LogP contribution in [0.5, 0.6) is 0 Å². The first kappa shape index (κ1) is 13.6. The van der Waals surface area contributed by atoms with Crippen LogP contribution < -0.4 is 5.32 Å². The van der Waals surface area contributed by atoms with Gasteiger partial charge in [0.05, 0.1) is 0 Å². The van der Waals surface area contributed by atoms with Crippen LogP contribution in [-0.2, 0) is 4.79 Å². The van der Waals surface area contributed by atoms with Crippen molar-refractivity contribution in [3.63, 3.8) is 0 Å². The van der Waals surface area contributed by atoms with Gasteiger partial charge < -0.3 is 5.32 Å². The summed E-state index contributed by atoms with van der Waals surface area (Å²) >= 11 is 5.24. The van der Waals surface area contributed by atoms with E-state index in [2.05, 4.69) is 5.32 Å². The van der Waals surface area contributed by atoms with E-state index in [4.69, 9.17) is 11.6 Å². The molecule has 6 heteroatoms. The van der Waals surface area contributed by atoms with Crippen molar-refractivity contribution in [3.8, 4) is 0 Å². The minimum atomic E-state index is -1.12. The second-order valence-corrected chi connectivity index (χ2v) is 3.74. The maximum Gasteiger partial charge on any atom is 0.252 e. The van der Waals surface area contributed by atoms with Crippen molar-refractivity contribution in [2.45, 2.75) is 19.4 Å². The molecule has 0 bridgehead atoms. The molecule has 0 spiro atoms. The van der Waals surface area contributed by atoms with E-state index in [1.807, 2.05) is 0 Å². The highest BCUT2D eigenvalue weighted by molar-refractivity contribution is 6.64. The SMILES string of the molecule is CCC(NC(=O)c1ccc(F)c(F)c1)C(=O)Cl. The van der Waals surface area contributed by atoms with Crippen LogP contribution in [0.1, 0.15) is 23.7 Å². The van der Waals surface area contributed by atoms with Crippen molar-refractivity contribution in [3.05, 3.63) is 35.4 Å². The molecule has 92 valence electrons. The molecule has 0 saturated carbocycles. The molecule has 0 aliphatic carbocycles. The van der Waals surface area contributed by atoms with Gasteiger partial charge in [-0.1, -0.05) is 6.92 Å². The normalized spacial score (nSPS) is 12.0. The fraction of sp³-hybridized carbons (Fsp3) is 0.273. The smallest absolute Gasteiger partial charge is 0.252 e. The first-order valence-corrected chi connectivity index (χ1v) is 5.28. The number of amides is 1. The van der Waals surface area contributed by atoms with E-state index >= 15 is 0 Å². The summed E-state index contributed by atoms with van der Waals surface area (Å²) in [5, 5.41) is 1.61. The Hall–Kier alpha value is -1.49. The number of nitrogens with one attached hydrogen (secondary N) is 1. The quantitative estimate of drug-likeness (QED) is 0.845. The number of carbonyl (C=O) groups excluding carboxylic acids is 2. The minimum Gasteiger partial charge on any atom is -0.341 e. The van der Waals surface area contributed by atoms with Gasteiger partial charge in [-0.05, 0) is 36.2 Å². The van der Waals surface area contributed by atoms with Crippen molar-refractivity contribution in [2.75, 3.05) is 0 Å². The molecular formula is C11H10ClF2NO2. The molecular weight excluding hydrogens is 252 g/mol. The van der Waals surface area contributed by atoms with E-state index in [9.17, 15) is 18.4 Å². The van der Waals surface area contributed by atoms with Crippen LogP contribution in [-0.4, -0.2) is 17.2 Å². The number of carbonyl (C=O) groups is 2. The van der Waals surface area contributed by atoms with Gasteiger partial charge in [0.1, 0.15) is 6.04 Å². The molecule has 1 unspecified atom stereocenters. The Morgan fingerprint density at radius 1 is 1.35 bits per heavy atom. The van der Waals surface area contributed by atoms with Crippen molar-refractivity contribution in [1.29, 1.82) is 0 Å². The van der Waals surface area contributed by atoms with Gasteiger partial charge in [0, 0.05) is 5.56 Å². The standard InChI is InChI=1S/C11H10ClF2NO2/c1-2-9(10(12)16)15-11(17)6-3-4-7(13)8(14)5-6/h3-5,9H,2H2,1H3,(H,15,17). The molecule has 0 heterocycles. The zero-order valence-corrected chi connectivity index (χ0v) is 9.72. The molecule has 0 aliphatic heterocycles. The molecule has 0 aromatic heterocycles. The summed E-state index contributed by atoms with van der Waals surface area (Å²) in [6, 6.07) is 1.89. The monoisotopic (exact) mass is 261 g/mol. The first-order chi connectivity index (χ1) is 7.95. The number of halogens is 3. The Morgan fingerprint density at radius 3 is 2.47 bits per heavy atom. The summed E-state index contributed by atoms with van der Waals surface area (Å²) in [5.41, 5.74) is -0.0692. The van der Waals surface area contributed by atoms with Crippen molar-refractivity contribution < 1.29 is 18.4 Å². The summed E-state index contributed by atoms with van der Waals surface area (Å²) in [6.07, 6.45) is 0.317. The summed E-state index contributed by atoms with van der Waals surface area (Å²) < 4.78 is 25.5. The molecule has 0 saturated heterocycles. The zero-order valence-electron chi connectivity index (χ0n) is 8.97. The molecule has 1 rings (SSSR count). The second-order valence-electron chi connectivity index (χ2n) is 3.37. The molecule has 1 aromatic rings. The lowest BCUT2D eigenvalue weighted by Crippen LogP contribution is -2.38. The minimum absolute atomic E-state index is 0.0692. The molecule has 0 aliphatic rings. The molecule has 0 radical (unpaired) electrons. The van der Waals surface area contributed by atoms with E-state index in [0.29, 0.717) is 6.42 Å². The van der Waals surface area contributed by atoms with Crippen LogP contribution in [0.25, 0.3) is 0 Å². The summed E-state index contributed by atoms with van der Waals surface area (Å²) in [6.45, 7) is 1.66. The lowest BCUT2D eigenvalue weighted by Gasteiger charge is -2.12. The van der Waals surface area contributed by atoms with Crippen LogP contribution in [0.2, 0.25) is 0 Å². The summed E-state index contributed by atoms with van der Waals surface area (Å²) in [4.78, 5) is 22.5. The molecule has 1 amide bonds. The number of hydrogen-bond acceptors (Lipinski definition) is 2. The van der Waals surface area contributed by atoms with Gasteiger partial charge >= 0.3 is 0 Å². The van der Waals surface area contributed by atoms with E-state index < -0.39 is 28.8 Å².